The lowest BCUT2D eigenvalue weighted by Gasteiger charge is -2.18. The average molecular weight is 399 g/mol. The van der Waals surface area contributed by atoms with Gasteiger partial charge in [0, 0.05) is 22.3 Å². The van der Waals surface area contributed by atoms with E-state index < -0.39 is 0 Å². The second kappa shape index (κ2) is 9.67. The zero-order chi connectivity index (χ0) is 21.7. The molecule has 3 rings (SSSR count). The molecular formula is C28H30O2. The fourth-order valence-corrected chi connectivity index (χ4v) is 3.82. The van der Waals surface area contributed by atoms with Crippen LogP contribution in [0.3, 0.4) is 0 Å². The number of fused-ring (bicyclic) bond motifs is 1. The highest BCUT2D eigenvalue weighted by molar-refractivity contribution is 6.26. The van der Waals surface area contributed by atoms with Crippen LogP contribution in [0.15, 0.2) is 83.0 Å². The zero-order valence-corrected chi connectivity index (χ0v) is 18.4. The van der Waals surface area contributed by atoms with Crippen LogP contribution in [-0.2, 0) is 6.42 Å². The Morgan fingerprint density at radius 1 is 0.800 bits per heavy atom. The first kappa shape index (κ1) is 21.7. The Bertz CT molecular complexity index is 1050. The summed E-state index contributed by atoms with van der Waals surface area (Å²) in [6, 6.07) is 15.8. The molecule has 0 bridgehead atoms. The summed E-state index contributed by atoms with van der Waals surface area (Å²) in [6.07, 6.45) is 7.83. The third kappa shape index (κ3) is 5.13. The number of carbonyl (C=O) groups is 2. The van der Waals surface area contributed by atoms with Gasteiger partial charge in [-0.3, -0.25) is 9.59 Å². The Morgan fingerprint density at radius 3 is 2.10 bits per heavy atom. The molecule has 154 valence electrons. The predicted molar refractivity (Wildman–Crippen MR) is 124 cm³/mol. The average Bonchev–Trinajstić information content (AvgIpc) is 2.74. The van der Waals surface area contributed by atoms with Gasteiger partial charge in [0.05, 0.1) is 0 Å². The minimum absolute atomic E-state index is 0.0133. The molecule has 2 nitrogen and oxygen atoms in total. The van der Waals surface area contributed by atoms with E-state index in [4.69, 9.17) is 0 Å². The Kier molecular flexibility index (Phi) is 6.99. The standard InChI is InChI=1S/C28H30O2/c1-19(8-7-9-21(3)18-23-15-12-20(2)13-16-23)14-17-24-22(4)27(29)25-10-5-6-11-26(25)28(24)30/h5-6,9-16H,7-8,17-18H2,1-4H3/b19-14+,21-9+. The highest BCUT2D eigenvalue weighted by Crippen LogP contribution is 2.28. The summed E-state index contributed by atoms with van der Waals surface area (Å²) in [4.78, 5) is 25.4. The summed E-state index contributed by atoms with van der Waals surface area (Å²) in [6.45, 7) is 8.15. The van der Waals surface area contributed by atoms with Gasteiger partial charge in [-0.2, -0.15) is 0 Å². The monoisotopic (exact) mass is 398 g/mol. The third-order valence-electron chi connectivity index (χ3n) is 5.77. The van der Waals surface area contributed by atoms with Gasteiger partial charge >= 0.3 is 0 Å². The van der Waals surface area contributed by atoms with Crippen molar-refractivity contribution in [1.29, 1.82) is 0 Å². The van der Waals surface area contributed by atoms with Crippen molar-refractivity contribution in [3.8, 4) is 0 Å². The molecule has 2 aromatic carbocycles. The molecule has 0 amide bonds. The summed E-state index contributed by atoms with van der Waals surface area (Å²) in [7, 11) is 0. The van der Waals surface area contributed by atoms with Gasteiger partial charge in [-0.1, -0.05) is 77.4 Å². The van der Waals surface area contributed by atoms with Crippen LogP contribution < -0.4 is 0 Å². The van der Waals surface area contributed by atoms with Crippen LogP contribution in [0.2, 0.25) is 0 Å². The molecule has 0 aromatic heterocycles. The van der Waals surface area contributed by atoms with Gasteiger partial charge in [-0.05, 0) is 58.9 Å². The van der Waals surface area contributed by atoms with Crippen LogP contribution >= 0.6 is 0 Å². The first-order chi connectivity index (χ1) is 14.4. The van der Waals surface area contributed by atoms with Crippen LogP contribution in [-0.4, -0.2) is 11.6 Å². The van der Waals surface area contributed by atoms with Gasteiger partial charge in [0.25, 0.3) is 0 Å². The minimum atomic E-state index is -0.0269. The molecule has 0 heterocycles. The largest absolute Gasteiger partial charge is 0.289 e. The smallest absolute Gasteiger partial charge is 0.190 e. The van der Waals surface area contributed by atoms with Crippen LogP contribution in [0.4, 0.5) is 0 Å². The summed E-state index contributed by atoms with van der Waals surface area (Å²) >= 11 is 0. The number of allylic oxidation sites excluding steroid dienone is 6. The van der Waals surface area contributed by atoms with E-state index in [0.717, 1.165) is 19.3 Å². The van der Waals surface area contributed by atoms with E-state index in [9.17, 15) is 9.59 Å². The third-order valence-corrected chi connectivity index (χ3v) is 5.77. The summed E-state index contributed by atoms with van der Waals surface area (Å²) in [5.41, 5.74) is 7.50. The van der Waals surface area contributed by atoms with E-state index in [1.807, 2.05) is 6.07 Å². The Balaban J connectivity index is 1.58. The highest BCUT2D eigenvalue weighted by Gasteiger charge is 2.28. The number of benzene rings is 2. The van der Waals surface area contributed by atoms with Crippen molar-refractivity contribution in [2.45, 2.75) is 53.4 Å². The van der Waals surface area contributed by atoms with E-state index in [1.54, 1.807) is 25.1 Å². The van der Waals surface area contributed by atoms with Gasteiger partial charge in [0.15, 0.2) is 11.6 Å². The fourth-order valence-electron chi connectivity index (χ4n) is 3.82. The molecular weight excluding hydrogens is 368 g/mol. The molecule has 0 spiro atoms. The van der Waals surface area contributed by atoms with E-state index >= 15 is 0 Å². The number of aryl methyl sites for hydroxylation is 1. The van der Waals surface area contributed by atoms with E-state index in [-0.39, 0.29) is 11.6 Å². The summed E-state index contributed by atoms with van der Waals surface area (Å²) in [5.74, 6) is -0.0403. The zero-order valence-electron chi connectivity index (χ0n) is 18.4. The van der Waals surface area contributed by atoms with Crippen molar-refractivity contribution in [3.05, 3.63) is 105 Å². The molecule has 0 fully saturated rings. The first-order valence-electron chi connectivity index (χ1n) is 10.6. The summed E-state index contributed by atoms with van der Waals surface area (Å²) in [5, 5.41) is 0. The molecule has 0 radical (unpaired) electrons. The Hall–Kier alpha value is -3.00. The molecule has 0 atom stereocenters. The van der Waals surface area contributed by atoms with Crippen LogP contribution in [0.25, 0.3) is 0 Å². The van der Waals surface area contributed by atoms with Crippen LogP contribution in [0, 0.1) is 6.92 Å². The second-order valence-corrected chi connectivity index (χ2v) is 8.31. The van der Waals surface area contributed by atoms with Crippen LogP contribution in [0.5, 0.6) is 0 Å². The van der Waals surface area contributed by atoms with E-state index in [2.05, 4.69) is 57.2 Å². The lowest BCUT2D eigenvalue weighted by molar-refractivity contribution is 0.0973. The lowest BCUT2D eigenvalue weighted by atomic mass is 9.83. The van der Waals surface area contributed by atoms with Crippen molar-refractivity contribution in [3.63, 3.8) is 0 Å². The maximum absolute atomic E-state index is 12.8. The normalized spacial score (nSPS) is 14.9. The molecule has 1 aliphatic carbocycles. The summed E-state index contributed by atoms with van der Waals surface area (Å²) < 4.78 is 0. The molecule has 0 aliphatic heterocycles. The lowest BCUT2D eigenvalue weighted by Crippen LogP contribution is -2.20. The molecule has 0 unspecified atom stereocenters. The van der Waals surface area contributed by atoms with Crippen molar-refractivity contribution < 1.29 is 9.59 Å². The maximum Gasteiger partial charge on any atom is 0.190 e. The quantitative estimate of drug-likeness (QED) is 0.471. The molecule has 0 N–H and O–H groups in total. The van der Waals surface area contributed by atoms with Gasteiger partial charge < -0.3 is 0 Å². The predicted octanol–water partition coefficient (Wildman–Crippen LogP) is 7.00. The Morgan fingerprint density at radius 2 is 1.43 bits per heavy atom. The molecule has 0 saturated carbocycles. The number of Topliss-reactive ketones (excluding diaryl/α,β-unsaturated/α-hetero) is 2. The van der Waals surface area contributed by atoms with Crippen molar-refractivity contribution in [2.75, 3.05) is 0 Å². The fraction of sp³-hybridized carbons (Fsp3) is 0.286. The topological polar surface area (TPSA) is 34.1 Å². The molecule has 2 aromatic rings. The van der Waals surface area contributed by atoms with Crippen LogP contribution in [0.1, 0.15) is 71.9 Å². The Labute approximate surface area is 180 Å². The SMILES string of the molecule is CC1=C(C/C=C(\C)CC/C=C(\C)Cc2ccc(C)cc2)C(=O)c2ccccc2C1=O. The van der Waals surface area contributed by atoms with Crippen molar-refractivity contribution >= 4 is 11.6 Å². The molecule has 0 saturated heterocycles. The van der Waals surface area contributed by atoms with Gasteiger partial charge in [0.2, 0.25) is 0 Å². The minimum Gasteiger partial charge on any atom is -0.289 e. The number of ketones is 2. The number of hydrogen-bond donors (Lipinski definition) is 0. The second-order valence-electron chi connectivity index (χ2n) is 8.31. The van der Waals surface area contributed by atoms with Crippen molar-refractivity contribution in [1.82, 2.24) is 0 Å². The van der Waals surface area contributed by atoms with Gasteiger partial charge in [0.1, 0.15) is 0 Å². The number of hydrogen-bond acceptors (Lipinski definition) is 2. The number of rotatable bonds is 7. The highest BCUT2D eigenvalue weighted by atomic mass is 16.1. The molecule has 30 heavy (non-hydrogen) atoms. The molecule has 2 heteroatoms. The van der Waals surface area contributed by atoms with E-state index in [1.165, 1.54) is 22.3 Å². The number of carbonyl (C=O) groups excluding carboxylic acids is 2. The maximum atomic E-state index is 12.8. The van der Waals surface area contributed by atoms with E-state index in [0.29, 0.717) is 28.7 Å². The van der Waals surface area contributed by atoms with Gasteiger partial charge in [-0.15, -0.1) is 0 Å². The molecule has 1 aliphatic rings. The van der Waals surface area contributed by atoms with Gasteiger partial charge in [-0.25, -0.2) is 0 Å². The first-order valence-corrected chi connectivity index (χ1v) is 10.6. The van der Waals surface area contributed by atoms with Crippen molar-refractivity contribution in [2.24, 2.45) is 0 Å².